The molecule has 1 amide bonds. The Kier molecular flexibility index (Phi) is 4.76. The lowest BCUT2D eigenvalue weighted by Gasteiger charge is -2.41. The van der Waals surface area contributed by atoms with E-state index in [4.69, 9.17) is 5.73 Å². The van der Waals surface area contributed by atoms with E-state index in [0.717, 1.165) is 17.9 Å². The number of carbonyl (C=O) groups excluding carboxylic acids is 1. The zero-order valence-corrected chi connectivity index (χ0v) is 9.83. The molecule has 0 unspecified atom stereocenters. The minimum absolute atomic E-state index is 0.143. The quantitative estimate of drug-likeness (QED) is 0.766. The molecule has 1 rings (SSSR count). The van der Waals surface area contributed by atoms with Crippen LogP contribution in [0.1, 0.15) is 6.42 Å². The fourth-order valence-corrected chi connectivity index (χ4v) is 1.92. The van der Waals surface area contributed by atoms with E-state index in [1.807, 2.05) is 11.9 Å². The molecule has 0 aromatic heterocycles. The van der Waals surface area contributed by atoms with Crippen molar-refractivity contribution < 1.29 is 18.0 Å². The molecule has 0 aromatic rings. The molecule has 0 radical (unpaired) electrons. The maximum atomic E-state index is 12.1. The molecular formula is C10H18F3N3O. The van der Waals surface area contributed by atoms with Gasteiger partial charge < -0.3 is 15.5 Å². The van der Waals surface area contributed by atoms with Gasteiger partial charge in [-0.1, -0.05) is 0 Å². The molecule has 2 N–H and O–H groups in total. The number of alkyl halides is 3. The van der Waals surface area contributed by atoms with Crippen molar-refractivity contribution in [1.82, 2.24) is 9.80 Å². The number of nitrogens with zero attached hydrogens (tertiary/aromatic N) is 2. The summed E-state index contributed by atoms with van der Waals surface area (Å²) in [5.41, 5.74) is 5.36. The van der Waals surface area contributed by atoms with E-state index in [-0.39, 0.29) is 19.0 Å². The number of nitrogens with two attached hydrogens (primary N) is 1. The molecule has 0 saturated carbocycles. The Hall–Kier alpha value is -0.820. The molecule has 0 aromatic carbocycles. The smallest absolute Gasteiger partial charge is 0.334 e. The lowest BCUT2D eigenvalue weighted by Crippen LogP contribution is -2.56. The Morgan fingerprint density at radius 3 is 2.53 bits per heavy atom. The molecule has 17 heavy (non-hydrogen) atoms. The van der Waals surface area contributed by atoms with Crippen LogP contribution in [0.15, 0.2) is 0 Å². The summed E-state index contributed by atoms with van der Waals surface area (Å²) in [6.07, 6.45) is -3.87. The molecule has 7 heteroatoms. The summed E-state index contributed by atoms with van der Waals surface area (Å²) in [5, 5.41) is 0. The van der Waals surface area contributed by atoms with Crippen LogP contribution >= 0.6 is 0 Å². The Labute approximate surface area is 98.5 Å². The van der Waals surface area contributed by atoms with Gasteiger partial charge in [0.15, 0.2) is 0 Å². The summed E-state index contributed by atoms with van der Waals surface area (Å²) in [6.45, 7) is 2.55. The van der Waals surface area contributed by atoms with Crippen molar-refractivity contribution in [3.8, 4) is 0 Å². The maximum Gasteiger partial charge on any atom is 0.471 e. The van der Waals surface area contributed by atoms with Crippen LogP contribution in [0.4, 0.5) is 13.2 Å². The fourth-order valence-electron chi connectivity index (χ4n) is 1.92. The summed E-state index contributed by atoms with van der Waals surface area (Å²) >= 11 is 0. The van der Waals surface area contributed by atoms with E-state index >= 15 is 0 Å². The first kappa shape index (κ1) is 14.2. The van der Waals surface area contributed by atoms with E-state index < -0.39 is 12.1 Å². The normalized spacial score (nSPS) is 17.4. The fraction of sp³-hybridized carbons (Fsp3) is 0.900. The van der Waals surface area contributed by atoms with Crippen molar-refractivity contribution in [3.63, 3.8) is 0 Å². The molecule has 1 heterocycles. The highest BCUT2D eigenvalue weighted by Crippen LogP contribution is 2.25. The number of rotatable bonds is 5. The molecule has 1 saturated heterocycles. The Balaban J connectivity index is 2.21. The molecule has 4 nitrogen and oxygen atoms in total. The third kappa shape index (κ3) is 4.16. The van der Waals surface area contributed by atoms with Crippen LogP contribution < -0.4 is 5.73 Å². The maximum absolute atomic E-state index is 12.1. The van der Waals surface area contributed by atoms with Gasteiger partial charge >= 0.3 is 12.1 Å². The molecule has 0 spiro atoms. The molecule has 100 valence electrons. The van der Waals surface area contributed by atoms with Gasteiger partial charge in [0.25, 0.3) is 0 Å². The highest BCUT2D eigenvalue weighted by molar-refractivity contribution is 5.82. The molecule has 0 atom stereocenters. The van der Waals surface area contributed by atoms with E-state index in [1.54, 1.807) is 0 Å². The van der Waals surface area contributed by atoms with Crippen LogP contribution in [0.2, 0.25) is 0 Å². The van der Waals surface area contributed by atoms with Crippen molar-refractivity contribution in [2.75, 3.05) is 39.8 Å². The number of halogens is 3. The Morgan fingerprint density at radius 1 is 1.47 bits per heavy atom. The van der Waals surface area contributed by atoms with Gasteiger partial charge in [-0.25, -0.2) is 0 Å². The van der Waals surface area contributed by atoms with Gasteiger partial charge in [-0.15, -0.1) is 0 Å². The van der Waals surface area contributed by atoms with E-state index in [9.17, 15) is 18.0 Å². The zero-order valence-electron chi connectivity index (χ0n) is 9.83. The van der Waals surface area contributed by atoms with Crippen LogP contribution in [-0.4, -0.2) is 61.7 Å². The first-order valence-corrected chi connectivity index (χ1v) is 5.59. The SMILES string of the molecule is CN(CCCN)CC1CN(C(=O)C(F)(F)F)C1. The third-order valence-corrected chi connectivity index (χ3v) is 2.80. The third-order valence-electron chi connectivity index (χ3n) is 2.80. The number of amides is 1. The predicted molar refractivity (Wildman–Crippen MR) is 57.3 cm³/mol. The van der Waals surface area contributed by atoms with Gasteiger partial charge in [0, 0.05) is 25.6 Å². The van der Waals surface area contributed by atoms with Crippen LogP contribution in [0.25, 0.3) is 0 Å². The van der Waals surface area contributed by atoms with Crippen LogP contribution in [0, 0.1) is 5.92 Å². The molecular weight excluding hydrogens is 235 g/mol. The minimum atomic E-state index is -4.74. The number of hydrogen-bond donors (Lipinski definition) is 1. The van der Waals surface area contributed by atoms with E-state index in [0.29, 0.717) is 13.1 Å². The van der Waals surface area contributed by atoms with Crippen LogP contribution in [0.3, 0.4) is 0 Å². The van der Waals surface area contributed by atoms with Gasteiger partial charge in [0.2, 0.25) is 0 Å². The lowest BCUT2D eigenvalue weighted by molar-refractivity contribution is -0.191. The van der Waals surface area contributed by atoms with Gasteiger partial charge in [-0.3, -0.25) is 4.79 Å². The molecule has 0 aliphatic carbocycles. The Morgan fingerprint density at radius 2 is 2.06 bits per heavy atom. The number of likely N-dealkylation sites (tertiary alicyclic amines) is 1. The summed E-state index contributed by atoms with van der Waals surface area (Å²) in [4.78, 5) is 13.7. The highest BCUT2D eigenvalue weighted by atomic mass is 19.4. The van der Waals surface area contributed by atoms with Crippen molar-refractivity contribution in [1.29, 1.82) is 0 Å². The Bertz CT molecular complexity index is 264. The number of hydrogen-bond acceptors (Lipinski definition) is 3. The first-order chi connectivity index (χ1) is 7.84. The van der Waals surface area contributed by atoms with Crippen LogP contribution in [0.5, 0.6) is 0 Å². The molecule has 1 aliphatic heterocycles. The molecule has 1 aliphatic rings. The summed E-state index contributed by atoms with van der Waals surface area (Å²) in [7, 11) is 1.91. The number of carbonyl (C=O) groups is 1. The second-order valence-electron chi connectivity index (χ2n) is 4.48. The zero-order chi connectivity index (χ0) is 13.1. The summed E-state index contributed by atoms with van der Waals surface area (Å²) < 4.78 is 36.2. The van der Waals surface area contributed by atoms with Gasteiger partial charge in [0.05, 0.1) is 0 Å². The molecule has 0 bridgehead atoms. The van der Waals surface area contributed by atoms with Crippen LogP contribution in [-0.2, 0) is 4.79 Å². The monoisotopic (exact) mass is 253 g/mol. The molecule has 1 fully saturated rings. The largest absolute Gasteiger partial charge is 0.471 e. The van der Waals surface area contributed by atoms with E-state index in [1.165, 1.54) is 0 Å². The average molecular weight is 253 g/mol. The minimum Gasteiger partial charge on any atom is -0.334 e. The van der Waals surface area contributed by atoms with Crippen molar-refractivity contribution in [2.24, 2.45) is 11.7 Å². The summed E-state index contributed by atoms with van der Waals surface area (Å²) in [6, 6.07) is 0. The van der Waals surface area contributed by atoms with Gasteiger partial charge in [0.1, 0.15) is 0 Å². The standard InChI is InChI=1S/C10H18F3N3O/c1-15(4-2-3-14)5-8-6-16(7-8)9(17)10(11,12)13/h8H,2-7,14H2,1H3. The second kappa shape index (κ2) is 5.68. The second-order valence-corrected chi connectivity index (χ2v) is 4.48. The van der Waals surface area contributed by atoms with Gasteiger partial charge in [-0.2, -0.15) is 13.2 Å². The van der Waals surface area contributed by atoms with Gasteiger partial charge in [-0.05, 0) is 26.6 Å². The van der Waals surface area contributed by atoms with Crippen molar-refractivity contribution >= 4 is 5.91 Å². The van der Waals surface area contributed by atoms with Crippen molar-refractivity contribution in [2.45, 2.75) is 12.6 Å². The highest BCUT2D eigenvalue weighted by Gasteiger charge is 2.46. The lowest BCUT2D eigenvalue weighted by atomic mass is 9.99. The summed E-state index contributed by atoms with van der Waals surface area (Å²) in [5.74, 6) is -1.58. The predicted octanol–water partition coefficient (Wildman–Crippen LogP) is 0.288. The first-order valence-electron chi connectivity index (χ1n) is 5.59. The van der Waals surface area contributed by atoms with Crippen molar-refractivity contribution in [3.05, 3.63) is 0 Å². The average Bonchev–Trinajstić information content (AvgIpc) is 2.17. The van der Waals surface area contributed by atoms with E-state index in [2.05, 4.69) is 0 Å². The topological polar surface area (TPSA) is 49.6 Å².